The summed E-state index contributed by atoms with van der Waals surface area (Å²) in [6.45, 7) is 4.84. The van der Waals surface area contributed by atoms with Gasteiger partial charge < -0.3 is 15.4 Å². The van der Waals surface area contributed by atoms with E-state index in [1.165, 1.54) is 16.7 Å². The Morgan fingerprint density at radius 3 is 2.50 bits per heavy atom. The summed E-state index contributed by atoms with van der Waals surface area (Å²) in [5, 5.41) is 6.46. The number of ether oxygens (including phenoxy) is 1. The zero-order valence-electron chi connectivity index (χ0n) is 15.7. The zero-order chi connectivity index (χ0) is 18.4. The van der Waals surface area contributed by atoms with Gasteiger partial charge in [-0.25, -0.2) is 0 Å². The lowest BCUT2D eigenvalue weighted by Crippen LogP contribution is -2.49. The van der Waals surface area contributed by atoms with Gasteiger partial charge in [0.05, 0.1) is 12.0 Å². The average molecular weight is 352 g/mol. The van der Waals surface area contributed by atoms with Crippen molar-refractivity contribution in [2.45, 2.75) is 26.3 Å². The standard InChI is InChI=1S/C22H28N2O2/c1-17-5-3-7-19(13-17)20-8-4-6-18(14-20)15-24-21(25)22(16-26-2)9-11-23-12-10-22/h3-8,13-14,23H,9-12,15-16H2,1-2H3,(H,24,25). The molecular weight excluding hydrogens is 324 g/mol. The Morgan fingerprint density at radius 2 is 1.81 bits per heavy atom. The number of benzene rings is 2. The van der Waals surface area contributed by atoms with Crippen LogP contribution in [0.4, 0.5) is 0 Å². The molecule has 0 saturated carbocycles. The first kappa shape index (κ1) is 18.6. The fourth-order valence-electron chi connectivity index (χ4n) is 3.67. The molecule has 1 saturated heterocycles. The Morgan fingerprint density at radius 1 is 1.12 bits per heavy atom. The van der Waals surface area contributed by atoms with Gasteiger partial charge in [-0.05, 0) is 55.6 Å². The molecule has 3 rings (SSSR count). The van der Waals surface area contributed by atoms with E-state index in [0.29, 0.717) is 13.2 Å². The molecule has 0 unspecified atom stereocenters. The summed E-state index contributed by atoms with van der Waals surface area (Å²) in [6.07, 6.45) is 1.63. The molecule has 4 heteroatoms. The van der Waals surface area contributed by atoms with Crippen molar-refractivity contribution in [3.8, 4) is 11.1 Å². The van der Waals surface area contributed by atoms with E-state index in [1.54, 1.807) is 7.11 Å². The first-order valence-electron chi connectivity index (χ1n) is 9.27. The summed E-state index contributed by atoms with van der Waals surface area (Å²) in [6, 6.07) is 16.8. The van der Waals surface area contributed by atoms with Crippen LogP contribution in [0.1, 0.15) is 24.0 Å². The summed E-state index contributed by atoms with van der Waals surface area (Å²) in [7, 11) is 1.67. The van der Waals surface area contributed by atoms with Crippen molar-refractivity contribution >= 4 is 5.91 Å². The fourth-order valence-corrected chi connectivity index (χ4v) is 3.67. The van der Waals surface area contributed by atoms with Crippen LogP contribution in [-0.4, -0.2) is 32.7 Å². The number of piperidine rings is 1. The number of amides is 1. The number of carbonyl (C=O) groups excluding carboxylic acids is 1. The van der Waals surface area contributed by atoms with E-state index in [0.717, 1.165) is 31.5 Å². The van der Waals surface area contributed by atoms with Crippen molar-refractivity contribution in [3.63, 3.8) is 0 Å². The Kier molecular flexibility index (Phi) is 6.07. The summed E-state index contributed by atoms with van der Waals surface area (Å²) in [5.74, 6) is 0.0989. The molecule has 2 aromatic rings. The third-order valence-electron chi connectivity index (χ3n) is 5.19. The predicted molar refractivity (Wildman–Crippen MR) is 105 cm³/mol. The highest BCUT2D eigenvalue weighted by molar-refractivity contribution is 5.83. The SMILES string of the molecule is COCC1(C(=O)NCc2cccc(-c3cccc(C)c3)c2)CCNCC1. The van der Waals surface area contributed by atoms with E-state index in [2.05, 4.69) is 66.1 Å². The second kappa shape index (κ2) is 8.47. The lowest BCUT2D eigenvalue weighted by Gasteiger charge is -2.35. The van der Waals surface area contributed by atoms with E-state index in [1.807, 2.05) is 0 Å². The number of carbonyl (C=O) groups is 1. The van der Waals surface area contributed by atoms with Crippen LogP contribution in [0.15, 0.2) is 48.5 Å². The molecule has 138 valence electrons. The molecule has 1 fully saturated rings. The average Bonchev–Trinajstić information content (AvgIpc) is 2.67. The van der Waals surface area contributed by atoms with E-state index >= 15 is 0 Å². The van der Waals surface area contributed by atoms with Gasteiger partial charge in [-0.2, -0.15) is 0 Å². The maximum Gasteiger partial charge on any atom is 0.228 e. The van der Waals surface area contributed by atoms with Crippen LogP contribution in [0.2, 0.25) is 0 Å². The van der Waals surface area contributed by atoms with Gasteiger partial charge in [-0.1, -0.05) is 48.0 Å². The number of rotatable bonds is 6. The van der Waals surface area contributed by atoms with Crippen molar-refractivity contribution < 1.29 is 9.53 Å². The highest BCUT2D eigenvalue weighted by atomic mass is 16.5. The maximum atomic E-state index is 12.9. The van der Waals surface area contributed by atoms with Gasteiger partial charge >= 0.3 is 0 Å². The van der Waals surface area contributed by atoms with Crippen molar-refractivity contribution in [2.24, 2.45) is 5.41 Å². The predicted octanol–water partition coefficient (Wildman–Crippen LogP) is 3.29. The minimum Gasteiger partial charge on any atom is -0.384 e. The summed E-state index contributed by atoms with van der Waals surface area (Å²) >= 11 is 0. The van der Waals surface area contributed by atoms with Gasteiger partial charge in [0.2, 0.25) is 5.91 Å². The van der Waals surface area contributed by atoms with Crippen LogP contribution in [-0.2, 0) is 16.1 Å². The Bertz CT molecular complexity index is 746. The van der Waals surface area contributed by atoms with E-state index in [9.17, 15) is 4.79 Å². The number of aryl methyl sites for hydroxylation is 1. The van der Waals surface area contributed by atoms with Crippen LogP contribution >= 0.6 is 0 Å². The minimum absolute atomic E-state index is 0.0989. The minimum atomic E-state index is -0.409. The molecule has 0 spiro atoms. The highest BCUT2D eigenvalue weighted by Crippen LogP contribution is 2.29. The molecule has 0 radical (unpaired) electrons. The van der Waals surface area contributed by atoms with Crippen molar-refractivity contribution in [3.05, 3.63) is 59.7 Å². The van der Waals surface area contributed by atoms with Gasteiger partial charge in [0.15, 0.2) is 0 Å². The maximum absolute atomic E-state index is 12.9. The number of hydrogen-bond donors (Lipinski definition) is 2. The molecular formula is C22H28N2O2. The molecule has 1 amide bonds. The zero-order valence-corrected chi connectivity index (χ0v) is 15.7. The van der Waals surface area contributed by atoms with E-state index < -0.39 is 5.41 Å². The largest absolute Gasteiger partial charge is 0.384 e. The lowest BCUT2D eigenvalue weighted by molar-refractivity contribution is -0.136. The van der Waals surface area contributed by atoms with Gasteiger partial charge in [0, 0.05) is 13.7 Å². The van der Waals surface area contributed by atoms with Gasteiger partial charge in [-0.15, -0.1) is 0 Å². The van der Waals surface area contributed by atoms with Crippen LogP contribution in [0.3, 0.4) is 0 Å². The Hall–Kier alpha value is -2.17. The molecule has 1 heterocycles. The smallest absolute Gasteiger partial charge is 0.228 e. The van der Waals surface area contributed by atoms with Crippen molar-refractivity contribution in [2.75, 3.05) is 26.8 Å². The molecule has 4 nitrogen and oxygen atoms in total. The third kappa shape index (κ3) is 4.32. The van der Waals surface area contributed by atoms with Gasteiger partial charge in [-0.3, -0.25) is 4.79 Å². The van der Waals surface area contributed by atoms with Crippen LogP contribution in [0.25, 0.3) is 11.1 Å². The lowest BCUT2D eigenvalue weighted by atomic mass is 9.78. The molecule has 0 atom stereocenters. The van der Waals surface area contributed by atoms with E-state index in [4.69, 9.17) is 4.74 Å². The third-order valence-corrected chi connectivity index (χ3v) is 5.19. The molecule has 1 aliphatic heterocycles. The van der Waals surface area contributed by atoms with Crippen molar-refractivity contribution in [1.29, 1.82) is 0 Å². The summed E-state index contributed by atoms with van der Waals surface area (Å²) in [5.41, 5.74) is 4.32. The quantitative estimate of drug-likeness (QED) is 0.839. The normalized spacial score (nSPS) is 16.2. The Labute approximate surface area is 156 Å². The van der Waals surface area contributed by atoms with Gasteiger partial charge in [0.25, 0.3) is 0 Å². The number of hydrogen-bond acceptors (Lipinski definition) is 3. The molecule has 1 aliphatic rings. The van der Waals surface area contributed by atoms with Crippen LogP contribution < -0.4 is 10.6 Å². The first-order valence-corrected chi connectivity index (χ1v) is 9.27. The molecule has 0 aliphatic carbocycles. The Balaban J connectivity index is 1.69. The number of methoxy groups -OCH3 is 1. The highest BCUT2D eigenvalue weighted by Gasteiger charge is 2.39. The van der Waals surface area contributed by atoms with Crippen LogP contribution in [0.5, 0.6) is 0 Å². The molecule has 26 heavy (non-hydrogen) atoms. The monoisotopic (exact) mass is 352 g/mol. The molecule has 0 bridgehead atoms. The second-order valence-corrected chi connectivity index (χ2v) is 7.22. The molecule has 2 N–H and O–H groups in total. The van der Waals surface area contributed by atoms with Crippen molar-refractivity contribution in [1.82, 2.24) is 10.6 Å². The summed E-state index contributed by atoms with van der Waals surface area (Å²) < 4.78 is 5.36. The molecule has 2 aromatic carbocycles. The first-order chi connectivity index (χ1) is 12.6. The number of nitrogens with one attached hydrogen (secondary N) is 2. The van der Waals surface area contributed by atoms with Gasteiger partial charge in [0.1, 0.15) is 0 Å². The van der Waals surface area contributed by atoms with E-state index in [-0.39, 0.29) is 5.91 Å². The second-order valence-electron chi connectivity index (χ2n) is 7.22. The topological polar surface area (TPSA) is 50.4 Å². The molecule has 0 aromatic heterocycles. The summed E-state index contributed by atoms with van der Waals surface area (Å²) in [4.78, 5) is 12.9. The van der Waals surface area contributed by atoms with Crippen LogP contribution in [0, 0.1) is 12.3 Å². The fraction of sp³-hybridized carbons (Fsp3) is 0.409.